The van der Waals surface area contributed by atoms with E-state index >= 15 is 0 Å². The highest BCUT2D eigenvalue weighted by molar-refractivity contribution is 5.96. The smallest absolute Gasteiger partial charge is 0.254 e. The zero-order valence-electron chi connectivity index (χ0n) is 12.0. The molecule has 0 saturated heterocycles. The van der Waals surface area contributed by atoms with Crippen molar-refractivity contribution in [1.82, 2.24) is 14.7 Å². The fourth-order valence-electron chi connectivity index (χ4n) is 2.82. The average Bonchev–Trinajstić information content (AvgIpc) is 2.82. The van der Waals surface area contributed by atoms with Crippen LogP contribution in [0.5, 0.6) is 0 Å². The SMILES string of the molecule is CCn1nc(C)cc1CN1CCc2ccccc2C1=O. The molecule has 0 radical (unpaired) electrons. The second-order valence-corrected chi connectivity index (χ2v) is 5.23. The van der Waals surface area contributed by atoms with Crippen LogP contribution < -0.4 is 0 Å². The summed E-state index contributed by atoms with van der Waals surface area (Å²) in [5.74, 6) is 0.133. The predicted molar refractivity (Wildman–Crippen MR) is 77.5 cm³/mol. The summed E-state index contributed by atoms with van der Waals surface area (Å²) in [4.78, 5) is 14.4. The van der Waals surface area contributed by atoms with Crippen LogP contribution in [0.3, 0.4) is 0 Å². The Morgan fingerprint density at radius 1 is 1.30 bits per heavy atom. The minimum Gasteiger partial charge on any atom is -0.332 e. The van der Waals surface area contributed by atoms with E-state index in [9.17, 15) is 4.79 Å². The molecule has 4 nitrogen and oxygen atoms in total. The monoisotopic (exact) mass is 269 g/mol. The quantitative estimate of drug-likeness (QED) is 0.858. The molecule has 0 aliphatic carbocycles. The van der Waals surface area contributed by atoms with E-state index in [4.69, 9.17) is 0 Å². The van der Waals surface area contributed by atoms with Gasteiger partial charge in [-0.25, -0.2) is 0 Å². The number of amides is 1. The minimum absolute atomic E-state index is 0.133. The lowest BCUT2D eigenvalue weighted by molar-refractivity contribution is 0.0722. The lowest BCUT2D eigenvalue weighted by Gasteiger charge is -2.28. The van der Waals surface area contributed by atoms with Crippen LogP contribution in [0.4, 0.5) is 0 Å². The maximum atomic E-state index is 12.5. The summed E-state index contributed by atoms with van der Waals surface area (Å²) in [5, 5.41) is 4.44. The number of nitrogens with zero attached hydrogens (tertiary/aromatic N) is 3. The molecule has 0 N–H and O–H groups in total. The van der Waals surface area contributed by atoms with Crippen molar-refractivity contribution >= 4 is 5.91 Å². The highest BCUT2D eigenvalue weighted by atomic mass is 16.2. The van der Waals surface area contributed by atoms with Gasteiger partial charge in [-0.1, -0.05) is 18.2 Å². The van der Waals surface area contributed by atoms with Crippen molar-refractivity contribution in [1.29, 1.82) is 0 Å². The van der Waals surface area contributed by atoms with Gasteiger partial charge in [0.25, 0.3) is 5.91 Å². The van der Waals surface area contributed by atoms with Crippen LogP contribution in [0.1, 0.15) is 34.2 Å². The first-order valence-electron chi connectivity index (χ1n) is 7.09. The molecule has 104 valence electrons. The van der Waals surface area contributed by atoms with Gasteiger partial charge in [0.05, 0.1) is 17.9 Å². The van der Waals surface area contributed by atoms with Gasteiger partial charge >= 0.3 is 0 Å². The van der Waals surface area contributed by atoms with Crippen molar-refractivity contribution in [2.75, 3.05) is 6.54 Å². The van der Waals surface area contributed by atoms with Gasteiger partial charge in [-0.2, -0.15) is 5.10 Å². The highest BCUT2D eigenvalue weighted by Gasteiger charge is 2.24. The molecular weight excluding hydrogens is 250 g/mol. The number of carbonyl (C=O) groups is 1. The molecule has 4 heteroatoms. The first-order valence-corrected chi connectivity index (χ1v) is 7.09. The number of benzene rings is 1. The standard InChI is InChI=1S/C16H19N3O/c1-3-19-14(10-12(2)17-19)11-18-9-8-13-6-4-5-7-15(13)16(18)20/h4-7,10H,3,8-9,11H2,1-2H3. The first kappa shape index (κ1) is 12.9. The molecule has 0 fully saturated rings. The molecular formula is C16H19N3O. The Bertz CT molecular complexity index is 645. The molecule has 1 aliphatic heterocycles. The molecule has 0 unspecified atom stereocenters. The summed E-state index contributed by atoms with van der Waals surface area (Å²) in [6.07, 6.45) is 0.932. The van der Waals surface area contributed by atoms with Crippen LogP contribution in [0.15, 0.2) is 30.3 Å². The summed E-state index contributed by atoms with van der Waals surface area (Å²) in [6.45, 7) is 6.32. The Morgan fingerprint density at radius 3 is 2.90 bits per heavy atom. The Hall–Kier alpha value is -2.10. The van der Waals surface area contributed by atoms with E-state index in [2.05, 4.69) is 18.1 Å². The van der Waals surface area contributed by atoms with Crippen LogP contribution in [0.2, 0.25) is 0 Å². The van der Waals surface area contributed by atoms with Crippen LogP contribution in [-0.2, 0) is 19.5 Å². The lowest BCUT2D eigenvalue weighted by atomic mass is 9.99. The molecule has 0 atom stereocenters. The van der Waals surface area contributed by atoms with Crippen LogP contribution in [-0.4, -0.2) is 27.1 Å². The minimum atomic E-state index is 0.133. The van der Waals surface area contributed by atoms with E-state index in [0.717, 1.165) is 42.0 Å². The normalized spacial score (nSPS) is 14.5. The summed E-state index contributed by atoms with van der Waals surface area (Å²) in [7, 11) is 0. The van der Waals surface area contributed by atoms with Gasteiger partial charge in [-0.3, -0.25) is 9.48 Å². The highest BCUT2D eigenvalue weighted by Crippen LogP contribution is 2.20. The van der Waals surface area contributed by atoms with Gasteiger partial charge in [0, 0.05) is 18.7 Å². The summed E-state index contributed by atoms with van der Waals surface area (Å²) >= 11 is 0. The van der Waals surface area contributed by atoms with E-state index in [1.165, 1.54) is 0 Å². The van der Waals surface area contributed by atoms with Crippen LogP contribution in [0, 0.1) is 6.92 Å². The largest absolute Gasteiger partial charge is 0.332 e. The third kappa shape index (κ3) is 2.22. The Kier molecular flexibility index (Phi) is 3.30. The summed E-state index contributed by atoms with van der Waals surface area (Å²) < 4.78 is 1.98. The van der Waals surface area contributed by atoms with Crippen molar-refractivity contribution in [3.8, 4) is 0 Å². The first-order chi connectivity index (χ1) is 9.69. The third-order valence-corrected chi connectivity index (χ3v) is 3.82. The van der Waals surface area contributed by atoms with E-state index < -0.39 is 0 Å². The van der Waals surface area contributed by atoms with Crippen LogP contribution in [0.25, 0.3) is 0 Å². The molecule has 20 heavy (non-hydrogen) atoms. The molecule has 1 amide bonds. The fraction of sp³-hybridized carbons (Fsp3) is 0.375. The number of hydrogen-bond acceptors (Lipinski definition) is 2. The van der Waals surface area contributed by atoms with Crippen molar-refractivity contribution < 1.29 is 4.79 Å². The van der Waals surface area contributed by atoms with Gasteiger partial charge < -0.3 is 4.90 Å². The van der Waals surface area contributed by atoms with E-state index in [0.29, 0.717) is 6.54 Å². The van der Waals surface area contributed by atoms with Gasteiger partial charge in [-0.05, 0) is 38.0 Å². The number of aromatic nitrogens is 2. The average molecular weight is 269 g/mol. The molecule has 0 saturated carbocycles. The fourth-order valence-corrected chi connectivity index (χ4v) is 2.82. The summed E-state index contributed by atoms with van der Waals surface area (Å²) in [5.41, 5.74) is 4.12. The van der Waals surface area contributed by atoms with Gasteiger partial charge in [0.2, 0.25) is 0 Å². The summed E-state index contributed by atoms with van der Waals surface area (Å²) in [6, 6.07) is 9.96. The second kappa shape index (κ2) is 5.12. The van der Waals surface area contributed by atoms with E-state index in [1.54, 1.807) is 0 Å². The number of carbonyl (C=O) groups excluding carboxylic acids is 1. The topological polar surface area (TPSA) is 38.1 Å². The molecule has 0 spiro atoms. The number of hydrogen-bond donors (Lipinski definition) is 0. The van der Waals surface area contributed by atoms with Crippen molar-refractivity contribution in [2.45, 2.75) is 33.4 Å². The maximum absolute atomic E-state index is 12.5. The number of rotatable bonds is 3. The van der Waals surface area contributed by atoms with E-state index in [-0.39, 0.29) is 5.91 Å². The number of aryl methyl sites for hydroxylation is 2. The zero-order chi connectivity index (χ0) is 14.1. The molecule has 1 aromatic heterocycles. The third-order valence-electron chi connectivity index (χ3n) is 3.82. The Labute approximate surface area is 119 Å². The Morgan fingerprint density at radius 2 is 2.10 bits per heavy atom. The predicted octanol–water partition coefficient (Wildman–Crippen LogP) is 2.41. The van der Waals surface area contributed by atoms with Gasteiger partial charge in [-0.15, -0.1) is 0 Å². The zero-order valence-corrected chi connectivity index (χ0v) is 12.0. The van der Waals surface area contributed by atoms with E-state index in [1.807, 2.05) is 40.8 Å². The van der Waals surface area contributed by atoms with Gasteiger partial charge in [0.1, 0.15) is 0 Å². The molecule has 3 rings (SSSR count). The van der Waals surface area contributed by atoms with Crippen molar-refractivity contribution in [2.24, 2.45) is 0 Å². The maximum Gasteiger partial charge on any atom is 0.254 e. The molecule has 1 aliphatic rings. The van der Waals surface area contributed by atoms with Crippen molar-refractivity contribution in [3.05, 3.63) is 52.8 Å². The lowest BCUT2D eigenvalue weighted by Crippen LogP contribution is -2.37. The molecule has 2 aromatic rings. The Balaban J connectivity index is 1.84. The van der Waals surface area contributed by atoms with Gasteiger partial charge in [0.15, 0.2) is 0 Å². The number of fused-ring (bicyclic) bond motifs is 1. The van der Waals surface area contributed by atoms with Crippen molar-refractivity contribution in [3.63, 3.8) is 0 Å². The van der Waals surface area contributed by atoms with Crippen LogP contribution >= 0.6 is 0 Å². The molecule has 0 bridgehead atoms. The molecule has 1 aromatic carbocycles. The molecule has 2 heterocycles. The second-order valence-electron chi connectivity index (χ2n) is 5.23.